The van der Waals surface area contributed by atoms with Gasteiger partial charge in [-0.1, -0.05) is 6.07 Å². The lowest BCUT2D eigenvalue weighted by Gasteiger charge is -2.50. The molecule has 1 amide bonds. The van der Waals surface area contributed by atoms with E-state index in [9.17, 15) is 34.8 Å². The largest absolute Gasteiger partial charge is 0.510 e. The summed E-state index contributed by atoms with van der Waals surface area (Å²) in [4.78, 5) is 40.6. The zero-order valence-electron chi connectivity index (χ0n) is 22.3. The summed E-state index contributed by atoms with van der Waals surface area (Å²) in [5, 5.41) is 51.2. The van der Waals surface area contributed by atoms with Gasteiger partial charge in [0.05, 0.1) is 17.3 Å². The molecular formula is C27H36N4O7. The van der Waals surface area contributed by atoms with E-state index < -0.39 is 58.0 Å². The second-order valence-electron chi connectivity index (χ2n) is 11.6. The zero-order chi connectivity index (χ0) is 28.3. The number of likely N-dealkylation sites (N-methyl/N-ethyl adjacent to an activating group) is 1. The maximum Gasteiger partial charge on any atom is 0.255 e. The maximum absolute atomic E-state index is 13.7. The van der Waals surface area contributed by atoms with Crippen LogP contribution in [-0.2, 0) is 16.0 Å². The highest BCUT2D eigenvalue weighted by atomic mass is 16.3. The zero-order valence-corrected chi connectivity index (χ0v) is 22.3. The summed E-state index contributed by atoms with van der Waals surface area (Å²) in [6.45, 7) is 7.17. The normalized spacial score (nSPS) is 27.3. The quantitative estimate of drug-likeness (QED) is 0.159. The van der Waals surface area contributed by atoms with Crippen LogP contribution in [-0.4, -0.2) is 87.2 Å². The minimum Gasteiger partial charge on any atom is -0.510 e. The molecule has 11 heteroatoms. The third-order valence-electron chi connectivity index (χ3n) is 7.69. The molecule has 0 spiro atoms. The number of rotatable bonds is 6. The van der Waals surface area contributed by atoms with Gasteiger partial charge >= 0.3 is 0 Å². The molecule has 0 fully saturated rings. The molecule has 4 rings (SSSR count). The summed E-state index contributed by atoms with van der Waals surface area (Å²) in [6.07, 6.45) is 0.318. The Balaban J connectivity index is 1.76. The second kappa shape index (κ2) is 9.40. The van der Waals surface area contributed by atoms with Crippen molar-refractivity contribution in [2.24, 2.45) is 17.6 Å². The number of fused-ring (bicyclic) bond motifs is 3. The van der Waals surface area contributed by atoms with E-state index >= 15 is 0 Å². The van der Waals surface area contributed by atoms with Crippen molar-refractivity contribution in [3.8, 4) is 5.75 Å². The van der Waals surface area contributed by atoms with Crippen molar-refractivity contribution >= 4 is 23.2 Å². The van der Waals surface area contributed by atoms with Crippen LogP contribution in [0.5, 0.6) is 5.75 Å². The number of carbonyl (C=O) groups is 3. The predicted octanol–water partition coefficient (Wildman–Crippen LogP) is 0.921. The van der Waals surface area contributed by atoms with E-state index in [-0.39, 0.29) is 35.3 Å². The average molecular weight is 529 g/mol. The standard InChI is InChI=1S/C27H36N4O7/c1-26(2,3)30-9-8-29-15-7-6-12-10-13-11-14-19(31(4)5)22(34)18(25(28)37)24(36)27(14,38)23(35)17(13)21(33)16(12)20(15)32/h6-7,13-14,19,29-30,32,34-35,38H,8-11H2,1-5H3,(H2,28,37)/t13-,14-,19-,27-/m0/s1. The maximum atomic E-state index is 13.7. The van der Waals surface area contributed by atoms with Crippen LogP contribution in [0.25, 0.3) is 0 Å². The number of hydrogen-bond donors (Lipinski definition) is 7. The molecule has 0 bridgehead atoms. The van der Waals surface area contributed by atoms with Crippen molar-refractivity contribution in [1.82, 2.24) is 10.2 Å². The minimum atomic E-state index is -2.64. The third kappa shape index (κ3) is 4.24. The number of Topliss-reactive ketones (excluding diaryl/α,β-unsaturated/α-hetero) is 2. The Hall–Kier alpha value is -3.41. The molecule has 38 heavy (non-hydrogen) atoms. The Morgan fingerprint density at radius 1 is 1.16 bits per heavy atom. The minimum absolute atomic E-state index is 0.0143. The van der Waals surface area contributed by atoms with Crippen molar-refractivity contribution in [2.75, 3.05) is 32.5 Å². The Morgan fingerprint density at radius 2 is 1.82 bits per heavy atom. The number of nitrogens with two attached hydrogens (primary N) is 1. The molecule has 0 unspecified atom stereocenters. The summed E-state index contributed by atoms with van der Waals surface area (Å²) in [7, 11) is 3.19. The van der Waals surface area contributed by atoms with Crippen LogP contribution >= 0.6 is 0 Å². The van der Waals surface area contributed by atoms with Gasteiger partial charge in [0.15, 0.2) is 11.4 Å². The number of phenolic OH excluding ortho intramolecular Hbond substituents is 1. The van der Waals surface area contributed by atoms with Crippen LogP contribution in [0.4, 0.5) is 5.69 Å². The van der Waals surface area contributed by atoms with Crippen LogP contribution in [0, 0.1) is 11.8 Å². The van der Waals surface area contributed by atoms with Crippen LogP contribution in [0.15, 0.2) is 34.8 Å². The Labute approximate surface area is 221 Å². The molecule has 4 atom stereocenters. The first-order valence-electron chi connectivity index (χ1n) is 12.6. The van der Waals surface area contributed by atoms with Gasteiger partial charge in [-0.25, -0.2) is 0 Å². The van der Waals surface area contributed by atoms with Crippen molar-refractivity contribution in [1.29, 1.82) is 0 Å². The Morgan fingerprint density at radius 3 is 2.39 bits per heavy atom. The highest BCUT2D eigenvalue weighted by Crippen LogP contribution is 2.52. The van der Waals surface area contributed by atoms with Crippen molar-refractivity contribution in [2.45, 2.75) is 50.8 Å². The number of anilines is 1. The molecule has 1 aromatic rings. The van der Waals surface area contributed by atoms with Gasteiger partial charge < -0.3 is 36.8 Å². The van der Waals surface area contributed by atoms with E-state index in [1.807, 2.05) is 20.8 Å². The lowest BCUT2D eigenvalue weighted by Crippen LogP contribution is -2.63. The van der Waals surface area contributed by atoms with Gasteiger partial charge in [0.2, 0.25) is 5.78 Å². The van der Waals surface area contributed by atoms with Gasteiger partial charge in [0, 0.05) is 30.1 Å². The molecule has 0 saturated carbocycles. The second-order valence-corrected chi connectivity index (χ2v) is 11.6. The highest BCUT2D eigenvalue weighted by Gasteiger charge is 2.63. The smallest absolute Gasteiger partial charge is 0.255 e. The number of nitrogens with zero attached hydrogens (tertiary/aromatic N) is 1. The molecule has 11 nitrogen and oxygen atoms in total. The number of amides is 1. The molecule has 206 valence electrons. The summed E-state index contributed by atoms with van der Waals surface area (Å²) in [6, 6.07) is 2.41. The highest BCUT2D eigenvalue weighted by molar-refractivity contribution is 6.24. The molecule has 0 aromatic heterocycles. The summed E-state index contributed by atoms with van der Waals surface area (Å²) < 4.78 is 0. The van der Waals surface area contributed by atoms with Crippen LogP contribution in [0.3, 0.4) is 0 Å². The van der Waals surface area contributed by atoms with E-state index in [1.165, 1.54) is 4.90 Å². The number of carbonyl (C=O) groups excluding carboxylic acids is 3. The Kier molecular flexibility index (Phi) is 6.84. The van der Waals surface area contributed by atoms with E-state index in [0.717, 1.165) is 0 Å². The van der Waals surface area contributed by atoms with E-state index in [4.69, 9.17) is 5.73 Å². The van der Waals surface area contributed by atoms with Crippen molar-refractivity contribution in [3.05, 3.63) is 45.9 Å². The number of aliphatic hydroxyl groups is 3. The topological polar surface area (TPSA) is 185 Å². The number of aromatic hydroxyl groups is 1. The Bertz CT molecular complexity index is 1280. The van der Waals surface area contributed by atoms with E-state index in [0.29, 0.717) is 24.3 Å². The van der Waals surface area contributed by atoms with E-state index in [2.05, 4.69) is 10.6 Å². The van der Waals surface area contributed by atoms with Gasteiger partial charge in [0.25, 0.3) is 5.91 Å². The van der Waals surface area contributed by atoms with Crippen LogP contribution in [0.2, 0.25) is 0 Å². The first-order chi connectivity index (χ1) is 17.6. The molecule has 3 aliphatic carbocycles. The van der Waals surface area contributed by atoms with Crippen molar-refractivity contribution < 1.29 is 34.8 Å². The first-order valence-corrected chi connectivity index (χ1v) is 12.6. The number of phenols is 1. The van der Waals surface area contributed by atoms with E-state index in [1.54, 1.807) is 26.2 Å². The molecule has 0 aliphatic heterocycles. The molecule has 0 heterocycles. The lowest BCUT2D eigenvalue weighted by molar-refractivity contribution is -0.148. The van der Waals surface area contributed by atoms with Gasteiger partial charge in [-0.2, -0.15) is 0 Å². The monoisotopic (exact) mass is 528 g/mol. The first kappa shape index (κ1) is 27.6. The SMILES string of the molecule is CN(C)[C@@H]1C(O)=C(C(N)=O)C(=O)[C@@]2(O)C(O)=C3C(=O)c4c(ccc(NCCNC(C)(C)C)c4O)C[C@H]3C[C@@H]12. The van der Waals surface area contributed by atoms with Gasteiger partial charge in [-0.3, -0.25) is 19.3 Å². The molecule has 8 N–H and O–H groups in total. The lowest BCUT2D eigenvalue weighted by atomic mass is 9.58. The summed E-state index contributed by atoms with van der Waals surface area (Å²) >= 11 is 0. The molecule has 0 radical (unpaired) electrons. The molecular weight excluding hydrogens is 492 g/mol. The number of nitrogens with one attached hydrogen (secondary N) is 2. The molecule has 1 aromatic carbocycles. The summed E-state index contributed by atoms with van der Waals surface area (Å²) in [5.74, 6) is -6.58. The number of benzene rings is 1. The number of primary amides is 1. The number of hydrogen-bond acceptors (Lipinski definition) is 10. The fourth-order valence-corrected chi connectivity index (χ4v) is 6.00. The molecule has 3 aliphatic rings. The fourth-order valence-electron chi connectivity index (χ4n) is 6.00. The van der Waals surface area contributed by atoms with Gasteiger partial charge in [-0.05, 0) is 65.3 Å². The van der Waals surface area contributed by atoms with Gasteiger partial charge in [0.1, 0.15) is 22.8 Å². The number of ketones is 2. The molecule has 0 saturated heterocycles. The van der Waals surface area contributed by atoms with Crippen molar-refractivity contribution in [3.63, 3.8) is 0 Å². The van der Waals surface area contributed by atoms with Crippen LogP contribution < -0.4 is 16.4 Å². The van der Waals surface area contributed by atoms with Crippen LogP contribution in [0.1, 0.15) is 43.1 Å². The van der Waals surface area contributed by atoms with Gasteiger partial charge in [-0.15, -0.1) is 0 Å². The fraction of sp³-hybridized carbons (Fsp3) is 0.519. The third-order valence-corrected chi connectivity index (χ3v) is 7.69. The predicted molar refractivity (Wildman–Crippen MR) is 140 cm³/mol. The average Bonchev–Trinajstić information content (AvgIpc) is 2.79. The number of aliphatic hydroxyl groups excluding tert-OH is 2. The summed E-state index contributed by atoms with van der Waals surface area (Å²) in [5.41, 5.74) is 2.52. The number of allylic oxidation sites excluding steroid dienone is 1.